The summed E-state index contributed by atoms with van der Waals surface area (Å²) in [4.78, 5) is 3.94. The van der Waals surface area contributed by atoms with Crippen molar-refractivity contribution in [2.45, 2.75) is 0 Å². The zero-order valence-electron chi connectivity index (χ0n) is 11.2. The summed E-state index contributed by atoms with van der Waals surface area (Å²) < 4.78 is 28.2. The number of rotatable bonds is 2. The van der Waals surface area contributed by atoms with Gasteiger partial charge in [0.15, 0.2) is 5.69 Å². The zero-order valence-corrected chi connectivity index (χ0v) is 11.2. The van der Waals surface area contributed by atoms with Gasteiger partial charge in [-0.2, -0.15) is 10.4 Å². The molecule has 1 aromatic carbocycles. The van der Waals surface area contributed by atoms with Gasteiger partial charge in [0.25, 0.3) is 0 Å². The lowest BCUT2D eigenvalue weighted by Gasteiger charge is -2.02. The summed E-state index contributed by atoms with van der Waals surface area (Å²) in [7, 11) is 0. The Hall–Kier alpha value is -3.27. The molecule has 2 aromatic heterocycles. The number of nitrogens with two attached hydrogens (primary N) is 1. The highest BCUT2D eigenvalue weighted by Gasteiger charge is 2.14. The van der Waals surface area contributed by atoms with E-state index < -0.39 is 11.6 Å². The molecule has 108 valence electrons. The summed E-state index contributed by atoms with van der Waals surface area (Å²) in [5.74, 6) is -0.901. The number of anilines is 1. The normalized spacial score (nSPS) is 10.4. The van der Waals surface area contributed by atoms with E-state index in [-0.39, 0.29) is 11.4 Å². The van der Waals surface area contributed by atoms with Crippen molar-refractivity contribution in [1.29, 1.82) is 5.26 Å². The molecule has 0 aliphatic heterocycles. The number of hydrogen-bond donors (Lipinski definition) is 1. The molecule has 0 aliphatic rings. The van der Waals surface area contributed by atoms with Crippen LogP contribution in [0.3, 0.4) is 0 Å². The monoisotopic (exact) mass is 297 g/mol. The SMILES string of the molecule is N#Cc1nn(-c2cc(F)ccc2F)cc1-c1ccc(N)nc1. The van der Waals surface area contributed by atoms with Gasteiger partial charge in [-0.25, -0.2) is 18.4 Å². The van der Waals surface area contributed by atoms with E-state index in [1.807, 2.05) is 6.07 Å². The van der Waals surface area contributed by atoms with Crippen LogP contribution in [-0.2, 0) is 0 Å². The minimum absolute atomic E-state index is 0.0776. The number of halogens is 2. The van der Waals surface area contributed by atoms with Crippen LogP contribution in [0.5, 0.6) is 0 Å². The Morgan fingerprint density at radius 2 is 2.00 bits per heavy atom. The van der Waals surface area contributed by atoms with Gasteiger partial charge in [0.1, 0.15) is 29.2 Å². The van der Waals surface area contributed by atoms with Crippen molar-refractivity contribution in [3.8, 4) is 22.9 Å². The maximum atomic E-state index is 13.8. The quantitative estimate of drug-likeness (QED) is 0.788. The van der Waals surface area contributed by atoms with Crippen LogP contribution in [0.2, 0.25) is 0 Å². The second kappa shape index (κ2) is 5.26. The Morgan fingerprint density at radius 3 is 2.68 bits per heavy atom. The van der Waals surface area contributed by atoms with Crippen molar-refractivity contribution < 1.29 is 8.78 Å². The van der Waals surface area contributed by atoms with E-state index in [1.165, 1.54) is 12.4 Å². The molecule has 0 bridgehead atoms. The Labute approximate surface area is 124 Å². The molecule has 0 fully saturated rings. The van der Waals surface area contributed by atoms with Crippen molar-refractivity contribution in [2.24, 2.45) is 0 Å². The van der Waals surface area contributed by atoms with Crippen LogP contribution in [0, 0.1) is 23.0 Å². The van der Waals surface area contributed by atoms with Crippen molar-refractivity contribution in [2.75, 3.05) is 5.73 Å². The van der Waals surface area contributed by atoms with Crippen LogP contribution in [0.25, 0.3) is 16.8 Å². The minimum atomic E-state index is -0.643. The summed E-state index contributed by atoms with van der Waals surface area (Å²) in [5.41, 5.74) is 6.58. The molecule has 0 radical (unpaired) electrons. The molecule has 3 aromatic rings. The van der Waals surface area contributed by atoms with Crippen LogP contribution in [0.15, 0.2) is 42.7 Å². The molecule has 0 unspecified atom stereocenters. The molecule has 0 atom stereocenters. The number of nitrogens with zero attached hydrogens (tertiary/aromatic N) is 4. The van der Waals surface area contributed by atoms with E-state index in [0.29, 0.717) is 16.9 Å². The van der Waals surface area contributed by atoms with Gasteiger partial charge < -0.3 is 5.73 Å². The number of hydrogen-bond acceptors (Lipinski definition) is 4. The van der Waals surface area contributed by atoms with Gasteiger partial charge in [0.05, 0.1) is 0 Å². The lowest BCUT2D eigenvalue weighted by Crippen LogP contribution is -1.99. The van der Waals surface area contributed by atoms with Crippen LogP contribution in [0.1, 0.15) is 5.69 Å². The molecule has 0 saturated carbocycles. The third-order valence-corrected chi connectivity index (χ3v) is 3.07. The molecule has 0 aliphatic carbocycles. The molecule has 22 heavy (non-hydrogen) atoms. The van der Waals surface area contributed by atoms with Gasteiger partial charge in [0, 0.05) is 29.6 Å². The molecular formula is C15H9F2N5. The summed E-state index contributed by atoms with van der Waals surface area (Å²) >= 11 is 0. The average molecular weight is 297 g/mol. The van der Waals surface area contributed by atoms with Gasteiger partial charge in [-0.3, -0.25) is 0 Å². The third kappa shape index (κ3) is 2.38. The lowest BCUT2D eigenvalue weighted by atomic mass is 10.1. The van der Waals surface area contributed by atoms with E-state index in [4.69, 9.17) is 5.73 Å². The standard InChI is InChI=1S/C15H9F2N5/c16-10-2-3-12(17)14(5-10)22-8-11(13(6-18)21-22)9-1-4-15(19)20-7-9/h1-5,7-8H,(H2,19,20). The number of nitrogen functional groups attached to an aromatic ring is 1. The maximum Gasteiger partial charge on any atom is 0.170 e. The predicted molar refractivity (Wildman–Crippen MR) is 75.8 cm³/mol. The first kappa shape index (κ1) is 13.7. The van der Waals surface area contributed by atoms with Gasteiger partial charge >= 0.3 is 0 Å². The summed E-state index contributed by atoms with van der Waals surface area (Å²) in [6.45, 7) is 0. The molecule has 2 heterocycles. The Balaban J connectivity index is 2.15. The second-order valence-electron chi connectivity index (χ2n) is 4.52. The van der Waals surface area contributed by atoms with E-state index in [0.717, 1.165) is 22.9 Å². The summed E-state index contributed by atoms with van der Waals surface area (Å²) in [5, 5.41) is 13.2. The van der Waals surface area contributed by atoms with Gasteiger partial charge in [0.2, 0.25) is 0 Å². The fraction of sp³-hybridized carbons (Fsp3) is 0. The average Bonchev–Trinajstić information content (AvgIpc) is 2.94. The number of pyridine rings is 1. The fourth-order valence-corrected chi connectivity index (χ4v) is 2.02. The third-order valence-electron chi connectivity index (χ3n) is 3.07. The topological polar surface area (TPSA) is 80.5 Å². The van der Waals surface area contributed by atoms with Crippen molar-refractivity contribution >= 4 is 5.82 Å². The Morgan fingerprint density at radius 1 is 1.18 bits per heavy atom. The summed E-state index contributed by atoms with van der Waals surface area (Å²) in [6.07, 6.45) is 2.93. The molecule has 0 saturated heterocycles. The number of benzene rings is 1. The van der Waals surface area contributed by atoms with Gasteiger partial charge in [-0.05, 0) is 24.3 Å². The Bertz CT molecular complexity index is 878. The first-order chi connectivity index (χ1) is 10.6. The first-order valence-corrected chi connectivity index (χ1v) is 6.25. The van der Waals surface area contributed by atoms with Crippen LogP contribution in [-0.4, -0.2) is 14.8 Å². The maximum absolute atomic E-state index is 13.8. The predicted octanol–water partition coefficient (Wildman–Crippen LogP) is 2.67. The van der Waals surface area contributed by atoms with E-state index in [1.54, 1.807) is 12.1 Å². The molecule has 0 spiro atoms. The van der Waals surface area contributed by atoms with Crippen molar-refractivity contribution in [1.82, 2.24) is 14.8 Å². The van der Waals surface area contributed by atoms with E-state index in [2.05, 4.69) is 10.1 Å². The number of nitriles is 1. The summed E-state index contributed by atoms with van der Waals surface area (Å²) in [6, 6.07) is 8.20. The van der Waals surface area contributed by atoms with E-state index in [9.17, 15) is 14.0 Å². The molecule has 2 N–H and O–H groups in total. The highest BCUT2D eigenvalue weighted by molar-refractivity contribution is 5.68. The fourth-order valence-electron chi connectivity index (χ4n) is 2.02. The molecule has 0 amide bonds. The van der Waals surface area contributed by atoms with E-state index >= 15 is 0 Å². The highest BCUT2D eigenvalue weighted by Crippen LogP contribution is 2.25. The molecular weight excluding hydrogens is 288 g/mol. The highest BCUT2D eigenvalue weighted by atomic mass is 19.1. The Kier molecular flexibility index (Phi) is 3.27. The van der Waals surface area contributed by atoms with Gasteiger partial charge in [-0.1, -0.05) is 0 Å². The van der Waals surface area contributed by atoms with Crippen LogP contribution in [0.4, 0.5) is 14.6 Å². The first-order valence-electron chi connectivity index (χ1n) is 6.25. The molecule has 3 rings (SSSR count). The minimum Gasteiger partial charge on any atom is -0.384 e. The second-order valence-corrected chi connectivity index (χ2v) is 4.52. The van der Waals surface area contributed by atoms with Gasteiger partial charge in [-0.15, -0.1) is 0 Å². The lowest BCUT2D eigenvalue weighted by molar-refractivity contribution is 0.586. The largest absolute Gasteiger partial charge is 0.384 e. The molecule has 5 nitrogen and oxygen atoms in total. The van der Waals surface area contributed by atoms with Crippen LogP contribution >= 0.6 is 0 Å². The van der Waals surface area contributed by atoms with Crippen molar-refractivity contribution in [3.63, 3.8) is 0 Å². The molecule has 7 heteroatoms. The number of aromatic nitrogens is 3. The smallest absolute Gasteiger partial charge is 0.170 e. The van der Waals surface area contributed by atoms with Crippen LogP contribution < -0.4 is 5.73 Å². The van der Waals surface area contributed by atoms with Crippen molar-refractivity contribution in [3.05, 3.63) is 60.1 Å². The zero-order chi connectivity index (χ0) is 15.7.